The van der Waals surface area contributed by atoms with Gasteiger partial charge in [-0.05, 0) is 37.3 Å². The van der Waals surface area contributed by atoms with Crippen molar-refractivity contribution in [2.45, 2.75) is 32.9 Å². The number of rotatable bonds is 4. The van der Waals surface area contributed by atoms with Gasteiger partial charge >= 0.3 is 0 Å². The SMILES string of the molecule is Cc1ccc(C)c(CS(=O)(=O)NC(=O)[C@H]2C[C@@H]2C)c1. The van der Waals surface area contributed by atoms with Crippen molar-refractivity contribution >= 4 is 15.9 Å². The molecule has 1 aromatic rings. The van der Waals surface area contributed by atoms with Gasteiger partial charge in [-0.3, -0.25) is 9.52 Å². The molecule has 19 heavy (non-hydrogen) atoms. The normalized spacial score (nSPS) is 22.1. The lowest BCUT2D eigenvalue weighted by Gasteiger charge is -2.09. The summed E-state index contributed by atoms with van der Waals surface area (Å²) in [5, 5.41) is 0. The number of sulfonamides is 1. The van der Waals surface area contributed by atoms with Gasteiger partial charge in [-0.1, -0.05) is 30.7 Å². The van der Waals surface area contributed by atoms with Gasteiger partial charge in [0.05, 0.1) is 5.75 Å². The summed E-state index contributed by atoms with van der Waals surface area (Å²) >= 11 is 0. The molecule has 0 aromatic heterocycles. The van der Waals surface area contributed by atoms with E-state index in [2.05, 4.69) is 4.72 Å². The average Bonchev–Trinajstić information content (AvgIpc) is 3.00. The number of amides is 1. The summed E-state index contributed by atoms with van der Waals surface area (Å²) in [4.78, 5) is 11.7. The van der Waals surface area contributed by atoms with Crippen LogP contribution in [0, 0.1) is 25.7 Å². The van der Waals surface area contributed by atoms with Gasteiger partial charge < -0.3 is 0 Å². The largest absolute Gasteiger partial charge is 0.274 e. The van der Waals surface area contributed by atoms with E-state index in [1.807, 2.05) is 39.0 Å². The molecule has 0 bridgehead atoms. The second kappa shape index (κ2) is 4.96. The average molecular weight is 281 g/mol. The molecule has 0 radical (unpaired) electrons. The summed E-state index contributed by atoms with van der Waals surface area (Å²) in [6, 6.07) is 5.68. The van der Waals surface area contributed by atoms with Crippen LogP contribution in [0.15, 0.2) is 18.2 Å². The van der Waals surface area contributed by atoms with Crippen LogP contribution in [0.1, 0.15) is 30.0 Å². The molecule has 2 rings (SSSR count). The molecule has 1 N–H and O–H groups in total. The monoisotopic (exact) mass is 281 g/mol. The summed E-state index contributed by atoms with van der Waals surface area (Å²) in [5.74, 6) is -0.338. The Labute approximate surface area is 114 Å². The molecule has 1 amide bonds. The van der Waals surface area contributed by atoms with Gasteiger partial charge in [0.25, 0.3) is 0 Å². The van der Waals surface area contributed by atoms with E-state index in [1.165, 1.54) is 0 Å². The molecule has 0 spiro atoms. The second-order valence-electron chi connectivity index (χ2n) is 5.47. The van der Waals surface area contributed by atoms with Crippen LogP contribution in [0.2, 0.25) is 0 Å². The molecule has 5 heteroatoms. The van der Waals surface area contributed by atoms with Crippen molar-refractivity contribution in [1.82, 2.24) is 4.72 Å². The summed E-state index contributed by atoms with van der Waals surface area (Å²) in [6.07, 6.45) is 0.783. The highest BCUT2D eigenvalue weighted by Gasteiger charge is 2.40. The van der Waals surface area contributed by atoms with Gasteiger partial charge in [-0.2, -0.15) is 0 Å². The zero-order valence-corrected chi connectivity index (χ0v) is 12.3. The molecule has 1 aliphatic rings. The third kappa shape index (κ3) is 3.56. The van der Waals surface area contributed by atoms with Gasteiger partial charge in [0, 0.05) is 5.92 Å². The molecule has 1 aliphatic carbocycles. The van der Waals surface area contributed by atoms with Crippen LogP contribution in [0.5, 0.6) is 0 Å². The lowest BCUT2D eigenvalue weighted by atomic mass is 10.1. The third-order valence-electron chi connectivity index (χ3n) is 3.55. The van der Waals surface area contributed by atoms with E-state index in [1.54, 1.807) is 0 Å². The maximum atomic E-state index is 12.0. The van der Waals surface area contributed by atoms with Gasteiger partial charge in [-0.25, -0.2) is 8.42 Å². The Morgan fingerprint density at radius 2 is 2.00 bits per heavy atom. The quantitative estimate of drug-likeness (QED) is 0.917. The number of hydrogen-bond donors (Lipinski definition) is 1. The first-order valence-corrected chi connectivity index (χ1v) is 8.04. The first-order chi connectivity index (χ1) is 8.78. The third-order valence-corrected chi connectivity index (χ3v) is 4.76. The van der Waals surface area contributed by atoms with E-state index in [9.17, 15) is 13.2 Å². The van der Waals surface area contributed by atoms with E-state index < -0.39 is 10.0 Å². The molecule has 0 unspecified atom stereocenters. The number of nitrogens with one attached hydrogen (secondary N) is 1. The Morgan fingerprint density at radius 3 is 2.58 bits per heavy atom. The molecule has 0 heterocycles. The first kappa shape index (κ1) is 14.1. The fourth-order valence-electron chi connectivity index (χ4n) is 2.11. The zero-order chi connectivity index (χ0) is 14.2. The van der Waals surface area contributed by atoms with E-state index in [0.717, 1.165) is 23.1 Å². The summed E-state index contributed by atoms with van der Waals surface area (Å²) < 4.78 is 26.1. The van der Waals surface area contributed by atoms with Crippen molar-refractivity contribution in [2.75, 3.05) is 0 Å². The van der Waals surface area contributed by atoms with Crippen molar-refractivity contribution in [3.05, 3.63) is 34.9 Å². The maximum Gasteiger partial charge on any atom is 0.239 e. The highest BCUT2D eigenvalue weighted by molar-refractivity contribution is 7.89. The summed E-state index contributed by atoms with van der Waals surface area (Å²) in [5.41, 5.74) is 2.67. The van der Waals surface area contributed by atoms with Crippen molar-refractivity contribution in [3.63, 3.8) is 0 Å². The lowest BCUT2D eigenvalue weighted by molar-refractivity contribution is -0.120. The standard InChI is InChI=1S/C14H19NO3S/c1-9-4-5-10(2)12(6-9)8-19(17,18)15-14(16)13-7-11(13)3/h4-6,11,13H,7-8H2,1-3H3,(H,15,16)/t11-,13-/m0/s1. The molecule has 104 valence electrons. The molecule has 1 saturated carbocycles. The van der Waals surface area contributed by atoms with Crippen LogP contribution >= 0.6 is 0 Å². The molecule has 0 saturated heterocycles. The fraction of sp³-hybridized carbons (Fsp3) is 0.500. The summed E-state index contributed by atoms with van der Waals surface area (Å²) in [6.45, 7) is 5.73. The van der Waals surface area contributed by atoms with Crippen molar-refractivity contribution in [2.24, 2.45) is 11.8 Å². The van der Waals surface area contributed by atoms with Gasteiger partial charge in [0.15, 0.2) is 0 Å². The molecule has 2 atom stereocenters. The Hall–Kier alpha value is -1.36. The molecule has 4 nitrogen and oxygen atoms in total. The fourth-order valence-corrected chi connectivity index (χ4v) is 3.36. The van der Waals surface area contributed by atoms with E-state index >= 15 is 0 Å². The number of hydrogen-bond acceptors (Lipinski definition) is 3. The van der Waals surface area contributed by atoms with Crippen LogP contribution in [0.4, 0.5) is 0 Å². The minimum Gasteiger partial charge on any atom is -0.274 e. The van der Waals surface area contributed by atoms with Crippen LogP contribution in [0.25, 0.3) is 0 Å². The molecular formula is C14H19NO3S. The Morgan fingerprint density at radius 1 is 1.37 bits per heavy atom. The summed E-state index contributed by atoms with van der Waals surface area (Å²) in [7, 11) is -3.60. The molecule has 1 aromatic carbocycles. The maximum absolute atomic E-state index is 12.0. The predicted octanol–water partition coefficient (Wildman–Crippen LogP) is 1.91. The highest BCUT2D eigenvalue weighted by atomic mass is 32.2. The van der Waals surface area contributed by atoms with Gasteiger partial charge in [0.2, 0.25) is 15.9 Å². The van der Waals surface area contributed by atoms with Crippen LogP contribution in [-0.2, 0) is 20.6 Å². The zero-order valence-electron chi connectivity index (χ0n) is 11.4. The molecular weight excluding hydrogens is 262 g/mol. The predicted molar refractivity (Wildman–Crippen MR) is 74.0 cm³/mol. The number of benzene rings is 1. The first-order valence-electron chi connectivity index (χ1n) is 6.39. The second-order valence-corrected chi connectivity index (χ2v) is 7.20. The van der Waals surface area contributed by atoms with Crippen LogP contribution in [0.3, 0.4) is 0 Å². The van der Waals surface area contributed by atoms with E-state index in [4.69, 9.17) is 0 Å². The van der Waals surface area contributed by atoms with Gasteiger partial charge in [0.1, 0.15) is 0 Å². The lowest BCUT2D eigenvalue weighted by Crippen LogP contribution is -2.33. The van der Waals surface area contributed by atoms with Crippen LogP contribution < -0.4 is 4.72 Å². The van der Waals surface area contributed by atoms with E-state index in [0.29, 0.717) is 5.92 Å². The van der Waals surface area contributed by atoms with Crippen molar-refractivity contribution < 1.29 is 13.2 Å². The smallest absolute Gasteiger partial charge is 0.239 e. The highest BCUT2D eigenvalue weighted by Crippen LogP contribution is 2.37. The Kier molecular flexibility index (Phi) is 3.67. The topological polar surface area (TPSA) is 63.2 Å². The van der Waals surface area contributed by atoms with Crippen molar-refractivity contribution in [3.8, 4) is 0 Å². The van der Waals surface area contributed by atoms with Crippen molar-refractivity contribution in [1.29, 1.82) is 0 Å². The minimum absolute atomic E-state index is 0.131. The van der Waals surface area contributed by atoms with Gasteiger partial charge in [-0.15, -0.1) is 0 Å². The Balaban J connectivity index is 2.08. The minimum atomic E-state index is -3.60. The number of carbonyl (C=O) groups excluding carboxylic acids is 1. The van der Waals surface area contributed by atoms with Crippen LogP contribution in [-0.4, -0.2) is 14.3 Å². The number of aryl methyl sites for hydroxylation is 2. The molecule has 0 aliphatic heterocycles. The number of carbonyl (C=O) groups is 1. The molecule has 1 fully saturated rings. The Bertz CT molecular complexity index is 607. The van der Waals surface area contributed by atoms with E-state index in [-0.39, 0.29) is 17.6 Å².